The third-order valence-electron chi connectivity index (χ3n) is 7.28. The highest BCUT2D eigenvalue weighted by Gasteiger charge is 2.26. The number of nitriles is 1. The highest BCUT2D eigenvalue weighted by Crippen LogP contribution is 2.32. The first kappa shape index (κ1) is 27.5. The molecular weight excluding hydrogens is 414 g/mol. The van der Waals surface area contributed by atoms with Crippen molar-refractivity contribution in [3.05, 3.63) is 83.2 Å². The van der Waals surface area contributed by atoms with E-state index in [1.807, 2.05) is 13.0 Å². The molecule has 0 N–H and O–H groups in total. The van der Waals surface area contributed by atoms with Crippen LogP contribution in [0, 0.1) is 24.2 Å². The molecule has 0 saturated heterocycles. The highest BCUT2D eigenvalue weighted by atomic mass is 15.2. The Kier molecular flexibility index (Phi) is 10.7. The van der Waals surface area contributed by atoms with Crippen LogP contribution in [-0.2, 0) is 6.42 Å². The summed E-state index contributed by atoms with van der Waals surface area (Å²) in [5.41, 5.74) is 6.88. The number of aryl methyl sites for hydroxylation is 2. The van der Waals surface area contributed by atoms with Gasteiger partial charge >= 0.3 is 0 Å². The van der Waals surface area contributed by atoms with Crippen molar-refractivity contribution in [2.75, 3.05) is 6.54 Å². The molecule has 0 amide bonds. The standard InChI is InChI=1S/C31H43N3/c1-9-26-14-16-28(17-15-26)25(8)34(30(11-3)12-4)21-27(10-2)19-23(6)24(7)31-22(5)13-18-29(20-32)33-31/h13-18,25,27,30H,6-7,9-12,19,21H2,1-5,8H3/t25?,27-/m1/s1. The predicted molar refractivity (Wildman–Crippen MR) is 146 cm³/mol. The Morgan fingerprint density at radius 3 is 2.18 bits per heavy atom. The van der Waals surface area contributed by atoms with Crippen molar-refractivity contribution < 1.29 is 0 Å². The molecule has 2 aromatic rings. The van der Waals surface area contributed by atoms with Crippen LogP contribution in [-0.4, -0.2) is 22.5 Å². The maximum absolute atomic E-state index is 9.26. The quantitative estimate of drug-likeness (QED) is 0.286. The van der Waals surface area contributed by atoms with Crippen LogP contribution in [0.15, 0.2) is 55.1 Å². The van der Waals surface area contributed by atoms with Gasteiger partial charge in [0.25, 0.3) is 0 Å². The second-order valence-corrected chi connectivity index (χ2v) is 9.47. The zero-order valence-electron chi connectivity index (χ0n) is 22.2. The van der Waals surface area contributed by atoms with Gasteiger partial charge in [0.2, 0.25) is 0 Å². The normalized spacial score (nSPS) is 13.0. The van der Waals surface area contributed by atoms with Gasteiger partial charge in [-0.2, -0.15) is 5.26 Å². The van der Waals surface area contributed by atoms with Crippen molar-refractivity contribution >= 4 is 5.57 Å². The third-order valence-corrected chi connectivity index (χ3v) is 7.28. The molecule has 0 spiro atoms. The van der Waals surface area contributed by atoms with Gasteiger partial charge in [0.05, 0.1) is 5.69 Å². The van der Waals surface area contributed by atoms with Gasteiger partial charge < -0.3 is 0 Å². The van der Waals surface area contributed by atoms with Crippen molar-refractivity contribution in [3.8, 4) is 6.07 Å². The van der Waals surface area contributed by atoms with Crippen molar-refractivity contribution in [2.45, 2.75) is 85.7 Å². The molecule has 3 nitrogen and oxygen atoms in total. The van der Waals surface area contributed by atoms with E-state index < -0.39 is 0 Å². The third kappa shape index (κ3) is 6.90. The van der Waals surface area contributed by atoms with Crippen LogP contribution in [0.1, 0.15) is 94.4 Å². The van der Waals surface area contributed by atoms with Crippen LogP contribution >= 0.6 is 0 Å². The van der Waals surface area contributed by atoms with E-state index in [1.54, 1.807) is 6.07 Å². The molecular formula is C31H43N3. The lowest BCUT2D eigenvalue weighted by Crippen LogP contribution is -2.40. The van der Waals surface area contributed by atoms with Crippen molar-refractivity contribution in [1.29, 1.82) is 5.26 Å². The van der Waals surface area contributed by atoms with Gasteiger partial charge in [-0.15, -0.1) is 0 Å². The molecule has 182 valence electrons. The molecule has 0 bridgehead atoms. The first-order chi connectivity index (χ1) is 16.3. The molecule has 0 fully saturated rings. The fraction of sp³-hybridized carbons (Fsp3) is 0.484. The molecule has 0 radical (unpaired) electrons. The summed E-state index contributed by atoms with van der Waals surface area (Å²) in [5, 5.41) is 9.26. The molecule has 0 aliphatic rings. The number of benzene rings is 1. The summed E-state index contributed by atoms with van der Waals surface area (Å²) in [4.78, 5) is 7.21. The van der Waals surface area contributed by atoms with Gasteiger partial charge in [0.1, 0.15) is 11.8 Å². The number of nitrogens with zero attached hydrogens (tertiary/aromatic N) is 3. The Labute approximate surface area is 208 Å². The molecule has 0 saturated carbocycles. The maximum atomic E-state index is 9.26. The minimum Gasteiger partial charge on any atom is -0.293 e. The predicted octanol–water partition coefficient (Wildman–Crippen LogP) is 8.06. The molecule has 2 rings (SSSR count). The summed E-state index contributed by atoms with van der Waals surface area (Å²) in [7, 11) is 0. The zero-order chi connectivity index (χ0) is 25.3. The number of allylic oxidation sites excluding steroid dienone is 2. The zero-order valence-corrected chi connectivity index (χ0v) is 22.2. The van der Waals surface area contributed by atoms with Crippen LogP contribution in [0.2, 0.25) is 0 Å². The lowest BCUT2D eigenvalue weighted by atomic mass is 9.89. The molecule has 1 aromatic heterocycles. The number of aromatic nitrogens is 1. The Morgan fingerprint density at radius 1 is 1.00 bits per heavy atom. The molecule has 0 aliphatic carbocycles. The smallest absolute Gasteiger partial charge is 0.141 e. The summed E-state index contributed by atoms with van der Waals surface area (Å²) in [6.07, 6.45) is 5.31. The van der Waals surface area contributed by atoms with E-state index in [-0.39, 0.29) is 0 Å². The molecule has 1 unspecified atom stereocenters. The van der Waals surface area contributed by atoms with E-state index >= 15 is 0 Å². The van der Waals surface area contributed by atoms with Crippen LogP contribution in [0.3, 0.4) is 0 Å². The van der Waals surface area contributed by atoms with Crippen molar-refractivity contribution in [1.82, 2.24) is 9.88 Å². The Balaban J connectivity index is 2.22. The number of hydrogen-bond acceptors (Lipinski definition) is 3. The molecule has 1 aromatic carbocycles. The van der Waals surface area contributed by atoms with E-state index in [9.17, 15) is 5.26 Å². The number of hydrogen-bond donors (Lipinski definition) is 0. The minimum atomic E-state index is 0.359. The Hall–Kier alpha value is -2.70. The van der Waals surface area contributed by atoms with Crippen LogP contribution < -0.4 is 0 Å². The lowest BCUT2D eigenvalue weighted by molar-refractivity contribution is 0.110. The van der Waals surface area contributed by atoms with Gasteiger partial charge in [-0.3, -0.25) is 4.90 Å². The van der Waals surface area contributed by atoms with Gasteiger partial charge in [0, 0.05) is 18.6 Å². The van der Waals surface area contributed by atoms with Gasteiger partial charge in [-0.05, 0) is 79.4 Å². The Morgan fingerprint density at radius 2 is 1.65 bits per heavy atom. The second-order valence-electron chi connectivity index (χ2n) is 9.47. The van der Waals surface area contributed by atoms with E-state index in [0.717, 1.165) is 61.1 Å². The molecule has 0 aliphatic heterocycles. The SMILES string of the molecule is C=C(C[C@@H](CC)CN(C(CC)CC)C(C)c1ccc(CC)cc1)C(=C)c1nc(C#N)ccc1C. The fourth-order valence-corrected chi connectivity index (χ4v) is 4.78. The van der Waals surface area contributed by atoms with Crippen LogP contribution in [0.4, 0.5) is 0 Å². The van der Waals surface area contributed by atoms with E-state index in [1.165, 1.54) is 11.1 Å². The summed E-state index contributed by atoms with van der Waals surface area (Å²) >= 11 is 0. The lowest BCUT2D eigenvalue weighted by Gasteiger charge is -2.38. The maximum Gasteiger partial charge on any atom is 0.141 e. The summed E-state index contributed by atoms with van der Waals surface area (Å²) in [6, 6.07) is 15.9. The minimum absolute atomic E-state index is 0.359. The summed E-state index contributed by atoms with van der Waals surface area (Å²) < 4.78 is 0. The number of rotatable bonds is 13. The first-order valence-corrected chi connectivity index (χ1v) is 12.9. The first-order valence-electron chi connectivity index (χ1n) is 12.9. The topological polar surface area (TPSA) is 39.9 Å². The van der Waals surface area contributed by atoms with Gasteiger partial charge in [-0.25, -0.2) is 4.98 Å². The van der Waals surface area contributed by atoms with Crippen LogP contribution in [0.25, 0.3) is 5.57 Å². The average Bonchev–Trinajstić information content (AvgIpc) is 2.87. The summed E-state index contributed by atoms with van der Waals surface area (Å²) in [5.74, 6) is 0.474. The van der Waals surface area contributed by atoms with Crippen molar-refractivity contribution in [2.24, 2.45) is 5.92 Å². The van der Waals surface area contributed by atoms with E-state index in [0.29, 0.717) is 23.7 Å². The van der Waals surface area contributed by atoms with E-state index in [4.69, 9.17) is 0 Å². The monoisotopic (exact) mass is 457 g/mol. The van der Waals surface area contributed by atoms with Gasteiger partial charge in [-0.1, -0.05) is 77.6 Å². The average molecular weight is 458 g/mol. The molecule has 2 atom stereocenters. The Bertz CT molecular complexity index is 992. The summed E-state index contributed by atoms with van der Waals surface area (Å²) in [6.45, 7) is 23.2. The molecule has 1 heterocycles. The van der Waals surface area contributed by atoms with Gasteiger partial charge in [0.15, 0.2) is 0 Å². The second kappa shape index (κ2) is 13.3. The van der Waals surface area contributed by atoms with E-state index in [2.05, 4.69) is 88.0 Å². The number of pyridine rings is 1. The molecule has 34 heavy (non-hydrogen) atoms. The highest BCUT2D eigenvalue weighted by molar-refractivity contribution is 5.76. The largest absolute Gasteiger partial charge is 0.293 e. The van der Waals surface area contributed by atoms with Crippen molar-refractivity contribution in [3.63, 3.8) is 0 Å². The molecule has 3 heteroatoms. The fourth-order valence-electron chi connectivity index (χ4n) is 4.78. The van der Waals surface area contributed by atoms with Crippen LogP contribution in [0.5, 0.6) is 0 Å².